The zero-order chi connectivity index (χ0) is 21.7. The number of nitriles is 1. The predicted octanol–water partition coefficient (Wildman–Crippen LogP) is 2.06. The van der Waals surface area contributed by atoms with E-state index in [0.29, 0.717) is 37.5 Å². The summed E-state index contributed by atoms with van der Waals surface area (Å²) >= 11 is 0. The van der Waals surface area contributed by atoms with Crippen molar-refractivity contribution >= 4 is 15.9 Å². The van der Waals surface area contributed by atoms with Crippen molar-refractivity contribution in [1.29, 1.82) is 5.26 Å². The lowest BCUT2D eigenvalue weighted by atomic mass is 10.0. The summed E-state index contributed by atoms with van der Waals surface area (Å²) in [5.74, 6) is 0.606. The summed E-state index contributed by atoms with van der Waals surface area (Å²) < 4.78 is 32.4. The van der Waals surface area contributed by atoms with E-state index < -0.39 is 10.0 Å². The van der Waals surface area contributed by atoms with E-state index in [4.69, 9.17) is 4.42 Å². The Morgan fingerprint density at radius 3 is 2.37 bits per heavy atom. The highest BCUT2D eigenvalue weighted by Crippen LogP contribution is 2.17. The zero-order valence-corrected chi connectivity index (χ0v) is 17.9. The van der Waals surface area contributed by atoms with Gasteiger partial charge in [-0.3, -0.25) is 9.69 Å². The van der Waals surface area contributed by atoms with Crippen molar-refractivity contribution < 1.29 is 17.6 Å². The average Bonchev–Trinajstić information content (AvgIpc) is 3.26. The number of carbonyl (C=O) groups excluding carboxylic acids is 1. The second-order valence-electron chi connectivity index (χ2n) is 7.57. The van der Waals surface area contributed by atoms with Gasteiger partial charge in [-0.1, -0.05) is 13.8 Å². The van der Waals surface area contributed by atoms with Gasteiger partial charge in [-0.05, 0) is 42.3 Å². The molecule has 30 heavy (non-hydrogen) atoms. The van der Waals surface area contributed by atoms with E-state index in [1.807, 2.05) is 13.8 Å². The first-order valence-corrected chi connectivity index (χ1v) is 11.3. The van der Waals surface area contributed by atoms with Crippen LogP contribution in [0.3, 0.4) is 0 Å². The summed E-state index contributed by atoms with van der Waals surface area (Å²) in [6.45, 7) is 6.45. The molecule has 0 saturated carbocycles. The molecule has 1 saturated heterocycles. The molecule has 2 aromatic rings. The molecule has 1 aliphatic heterocycles. The number of hydrogen-bond acceptors (Lipinski definition) is 6. The fourth-order valence-corrected chi connectivity index (χ4v) is 4.47. The Balaban J connectivity index is 1.59. The summed E-state index contributed by atoms with van der Waals surface area (Å²) in [4.78, 5) is 16.7. The predicted molar refractivity (Wildman–Crippen MR) is 111 cm³/mol. The van der Waals surface area contributed by atoms with Crippen LogP contribution in [0.5, 0.6) is 0 Å². The SMILES string of the molecule is CC(C)C(C#N)N1CCN(C(=O)c2ccc(S(=O)(=O)NCc3ccco3)cc2)CC1. The largest absolute Gasteiger partial charge is 0.468 e. The molecular formula is C21H26N4O4S. The number of sulfonamides is 1. The van der Waals surface area contributed by atoms with Crippen LogP contribution in [0.2, 0.25) is 0 Å². The summed E-state index contributed by atoms with van der Waals surface area (Å²) in [5.41, 5.74) is 0.439. The number of amides is 1. The molecule has 1 fully saturated rings. The Bertz CT molecular complexity index is 987. The molecule has 1 amide bonds. The van der Waals surface area contributed by atoms with Gasteiger partial charge in [0.1, 0.15) is 11.8 Å². The molecule has 0 aliphatic carbocycles. The highest BCUT2D eigenvalue weighted by molar-refractivity contribution is 7.89. The van der Waals surface area contributed by atoms with E-state index in [1.54, 1.807) is 17.0 Å². The maximum atomic E-state index is 12.8. The minimum absolute atomic E-state index is 0.0559. The normalized spacial score (nSPS) is 16.4. The molecule has 1 unspecified atom stereocenters. The molecule has 160 valence electrons. The van der Waals surface area contributed by atoms with E-state index in [9.17, 15) is 18.5 Å². The summed E-state index contributed by atoms with van der Waals surface area (Å²) in [6.07, 6.45) is 1.48. The standard InChI is InChI=1S/C21H26N4O4S/c1-16(2)20(14-22)24-9-11-25(12-10-24)21(26)17-5-7-19(8-6-17)30(27,28)23-15-18-4-3-13-29-18/h3-8,13,16,20,23H,9-12,15H2,1-2H3. The minimum atomic E-state index is -3.70. The number of piperazine rings is 1. The Morgan fingerprint density at radius 2 is 1.83 bits per heavy atom. The summed E-state index contributed by atoms with van der Waals surface area (Å²) in [7, 11) is -3.70. The minimum Gasteiger partial charge on any atom is -0.468 e. The van der Waals surface area contributed by atoms with Crippen LogP contribution in [0.25, 0.3) is 0 Å². The molecule has 1 aromatic carbocycles. The molecule has 3 rings (SSSR count). The fraction of sp³-hybridized carbons (Fsp3) is 0.429. The molecule has 1 atom stereocenters. The van der Waals surface area contributed by atoms with Crippen molar-refractivity contribution in [3.63, 3.8) is 0 Å². The lowest BCUT2D eigenvalue weighted by Crippen LogP contribution is -2.52. The molecule has 1 aromatic heterocycles. The molecule has 0 radical (unpaired) electrons. The van der Waals surface area contributed by atoms with Gasteiger partial charge in [0, 0.05) is 31.7 Å². The second kappa shape index (κ2) is 9.43. The molecule has 8 nitrogen and oxygen atoms in total. The topological polar surface area (TPSA) is 107 Å². The first-order valence-electron chi connectivity index (χ1n) is 9.87. The fourth-order valence-electron chi connectivity index (χ4n) is 3.48. The van der Waals surface area contributed by atoms with Gasteiger partial charge in [-0.2, -0.15) is 5.26 Å². The molecule has 9 heteroatoms. The van der Waals surface area contributed by atoms with Gasteiger partial charge < -0.3 is 9.32 Å². The maximum absolute atomic E-state index is 12.8. The maximum Gasteiger partial charge on any atom is 0.253 e. The van der Waals surface area contributed by atoms with Crippen molar-refractivity contribution in [3.8, 4) is 6.07 Å². The van der Waals surface area contributed by atoms with Crippen LogP contribution in [-0.4, -0.2) is 56.3 Å². The number of hydrogen-bond donors (Lipinski definition) is 1. The lowest BCUT2D eigenvalue weighted by molar-refractivity contribution is 0.0576. The average molecular weight is 431 g/mol. The molecule has 0 spiro atoms. The number of carbonyl (C=O) groups is 1. The van der Waals surface area contributed by atoms with Crippen LogP contribution >= 0.6 is 0 Å². The van der Waals surface area contributed by atoms with E-state index >= 15 is 0 Å². The van der Waals surface area contributed by atoms with E-state index in [-0.39, 0.29) is 29.3 Å². The third-order valence-corrected chi connectivity index (χ3v) is 6.60. The summed E-state index contributed by atoms with van der Waals surface area (Å²) in [5, 5.41) is 9.35. The molecule has 1 aliphatic rings. The van der Waals surface area contributed by atoms with Crippen LogP contribution in [-0.2, 0) is 16.6 Å². The van der Waals surface area contributed by atoms with Gasteiger partial charge in [-0.25, -0.2) is 13.1 Å². The molecule has 1 N–H and O–H groups in total. The number of benzene rings is 1. The third kappa shape index (κ3) is 5.08. The Hall–Kier alpha value is -2.67. The van der Waals surface area contributed by atoms with Gasteiger partial charge in [0.05, 0.1) is 23.8 Å². The van der Waals surface area contributed by atoms with Crippen molar-refractivity contribution in [1.82, 2.24) is 14.5 Å². The first kappa shape index (κ1) is 22.0. The van der Waals surface area contributed by atoms with Crippen molar-refractivity contribution in [2.75, 3.05) is 26.2 Å². The van der Waals surface area contributed by atoms with Crippen LogP contribution in [0, 0.1) is 17.2 Å². The molecule has 2 heterocycles. The van der Waals surface area contributed by atoms with Crippen LogP contribution in [0.4, 0.5) is 0 Å². The van der Waals surface area contributed by atoms with Crippen LogP contribution in [0.15, 0.2) is 52.0 Å². The molecular weight excluding hydrogens is 404 g/mol. The second-order valence-corrected chi connectivity index (χ2v) is 9.34. The van der Waals surface area contributed by atoms with Crippen LogP contribution < -0.4 is 4.72 Å². The van der Waals surface area contributed by atoms with E-state index in [0.717, 1.165) is 0 Å². The smallest absolute Gasteiger partial charge is 0.253 e. The summed E-state index contributed by atoms with van der Waals surface area (Å²) in [6, 6.07) is 11.5. The van der Waals surface area contributed by atoms with Gasteiger partial charge in [0.2, 0.25) is 10.0 Å². The number of nitrogens with zero attached hydrogens (tertiary/aromatic N) is 3. The zero-order valence-electron chi connectivity index (χ0n) is 17.1. The van der Waals surface area contributed by atoms with Crippen molar-refractivity contribution in [2.45, 2.75) is 31.3 Å². The Kier molecular flexibility index (Phi) is 6.92. The van der Waals surface area contributed by atoms with Gasteiger partial charge in [0.15, 0.2) is 0 Å². The number of rotatable bonds is 7. The van der Waals surface area contributed by atoms with Gasteiger partial charge in [-0.15, -0.1) is 0 Å². The van der Waals surface area contributed by atoms with Gasteiger partial charge in [0.25, 0.3) is 5.91 Å². The first-order chi connectivity index (χ1) is 14.3. The lowest BCUT2D eigenvalue weighted by Gasteiger charge is -2.38. The highest BCUT2D eigenvalue weighted by Gasteiger charge is 2.28. The van der Waals surface area contributed by atoms with Gasteiger partial charge >= 0.3 is 0 Å². The third-order valence-electron chi connectivity index (χ3n) is 5.19. The molecule has 0 bridgehead atoms. The van der Waals surface area contributed by atoms with Crippen LogP contribution in [0.1, 0.15) is 30.0 Å². The van der Waals surface area contributed by atoms with E-state index in [1.165, 1.54) is 30.5 Å². The Labute approximate surface area is 177 Å². The Morgan fingerprint density at radius 1 is 1.17 bits per heavy atom. The quantitative estimate of drug-likeness (QED) is 0.721. The van der Waals surface area contributed by atoms with E-state index in [2.05, 4.69) is 15.7 Å². The highest BCUT2D eigenvalue weighted by atomic mass is 32.2. The number of nitrogens with one attached hydrogen (secondary N) is 1. The monoisotopic (exact) mass is 430 g/mol. The van der Waals surface area contributed by atoms with Crippen molar-refractivity contribution in [3.05, 3.63) is 54.0 Å². The van der Waals surface area contributed by atoms with Crippen molar-refractivity contribution in [2.24, 2.45) is 5.92 Å². The number of furan rings is 1.